The number of nitrogens with zero attached hydrogens (tertiary/aromatic N) is 1. The Bertz CT molecular complexity index is 219. The van der Waals surface area contributed by atoms with Crippen LogP contribution in [0.1, 0.15) is 51.4 Å². The van der Waals surface area contributed by atoms with E-state index in [0.717, 1.165) is 17.9 Å². The zero-order valence-electron chi connectivity index (χ0n) is 10.4. The molecule has 3 saturated carbocycles. The highest BCUT2D eigenvalue weighted by molar-refractivity contribution is 4.91. The molecule has 3 aliphatic rings. The predicted molar refractivity (Wildman–Crippen MR) is 67.3 cm³/mol. The molecular formula is C14H26N2. The highest BCUT2D eigenvalue weighted by Gasteiger charge is 2.35. The van der Waals surface area contributed by atoms with Gasteiger partial charge < -0.3 is 5.73 Å². The quantitative estimate of drug-likeness (QED) is 0.774. The van der Waals surface area contributed by atoms with E-state index in [-0.39, 0.29) is 0 Å². The normalized spacial score (nSPS) is 35.6. The SMILES string of the molecule is NC1CCCCC1N(CC1CC1)CC1CC1. The number of hydrogen-bond donors (Lipinski definition) is 1. The molecule has 2 unspecified atom stereocenters. The van der Waals surface area contributed by atoms with E-state index in [0.29, 0.717) is 6.04 Å². The fraction of sp³-hybridized carbons (Fsp3) is 1.00. The second-order valence-electron chi connectivity index (χ2n) is 6.36. The van der Waals surface area contributed by atoms with Gasteiger partial charge in [-0.25, -0.2) is 0 Å². The van der Waals surface area contributed by atoms with Crippen molar-refractivity contribution < 1.29 is 0 Å². The van der Waals surface area contributed by atoms with Crippen LogP contribution in [0.15, 0.2) is 0 Å². The Morgan fingerprint density at radius 1 is 0.812 bits per heavy atom. The van der Waals surface area contributed by atoms with E-state index in [9.17, 15) is 0 Å². The van der Waals surface area contributed by atoms with Crippen LogP contribution in [0.3, 0.4) is 0 Å². The summed E-state index contributed by atoms with van der Waals surface area (Å²) in [6.07, 6.45) is 11.3. The maximum Gasteiger partial charge on any atom is 0.0247 e. The molecule has 0 aromatic heterocycles. The van der Waals surface area contributed by atoms with Crippen LogP contribution in [-0.2, 0) is 0 Å². The molecule has 0 aliphatic heterocycles. The first-order chi connectivity index (χ1) is 7.83. The zero-order chi connectivity index (χ0) is 11.0. The van der Waals surface area contributed by atoms with Crippen molar-refractivity contribution in [3.63, 3.8) is 0 Å². The van der Waals surface area contributed by atoms with Crippen LogP contribution in [0.25, 0.3) is 0 Å². The van der Waals surface area contributed by atoms with Crippen molar-refractivity contribution >= 4 is 0 Å². The molecule has 92 valence electrons. The summed E-state index contributed by atoms with van der Waals surface area (Å²) in [5.74, 6) is 2.04. The van der Waals surface area contributed by atoms with E-state index in [4.69, 9.17) is 5.73 Å². The zero-order valence-corrected chi connectivity index (χ0v) is 10.4. The lowest BCUT2D eigenvalue weighted by Gasteiger charge is -2.38. The third kappa shape index (κ3) is 2.78. The standard InChI is InChI=1S/C14H26N2/c15-13-3-1-2-4-14(13)16(9-11-5-6-11)10-12-7-8-12/h11-14H,1-10,15H2. The van der Waals surface area contributed by atoms with Crippen LogP contribution in [0.4, 0.5) is 0 Å². The van der Waals surface area contributed by atoms with Gasteiger partial charge in [-0.05, 0) is 50.4 Å². The van der Waals surface area contributed by atoms with Gasteiger partial charge in [0.15, 0.2) is 0 Å². The summed E-state index contributed by atoms with van der Waals surface area (Å²) in [7, 11) is 0. The third-order valence-electron chi connectivity index (χ3n) is 4.63. The van der Waals surface area contributed by atoms with Gasteiger partial charge in [0, 0.05) is 25.2 Å². The molecule has 2 N–H and O–H groups in total. The average molecular weight is 222 g/mol. The van der Waals surface area contributed by atoms with E-state index in [1.165, 1.54) is 64.5 Å². The van der Waals surface area contributed by atoms with Gasteiger partial charge >= 0.3 is 0 Å². The fourth-order valence-electron chi connectivity index (χ4n) is 3.20. The maximum atomic E-state index is 6.33. The highest BCUT2D eigenvalue weighted by atomic mass is 15.2. The van der Waals surface area contributed by atoms with Crippen molar-refractivity contribution in [1.29, 1.82) is 0 Å². The van der Waals surface area contributed by atoms with Crippen LogP contribution >= 0.6 is 0 Å². The lowest BCUT2D eigenvalue weighted by Crippen LogP contribution is -2.50. The van der Waals surface area contributed by atoms with Crippen LogP contribution < -0.4 is 5.73 Å². The largest absolute Gasteiger partial charge is 0.326 e. The Hall–Kier alpha value is -0.0800. The minimum atomic E-state index is 0.464. The molecule has 3 aliphatic carbocycles. The molecule has 0 aromatic rings. The molecule has 0 heterocycles. The molecule has 0 aromatic carbocycles. The Balaban J connectivity index is 1.59. The van der Waals surface area contributed by atoms with Crippen LogP contribution in [0.2, 0.25) is 0 Å². The van der Waals surface area contributed by atoms with Gasteiger partial charge in [0.25, 0.3) is 0 Å². The second-order valence-corrected chi connectivity index (χ2v) is 6.36. The third-order valence-corrected chi connectivity index (χ3v) is 4.63. The van der Waals surface area contributed by atoms with Crippen molar-refractivity contribution in [2.24, 2.45) is 17.6 Å². The summed E-state index contributed by atoms with van der Waals surface area (Å²) in [6.45, 7) is 2.71. The molecule has 0 amide bonds. The summed E-state index contributed by atoms with van der Waals surface area (Å²) < 4.78 is 0. The Kier molecular flexibility index (Phi) is 3.21. The maximum absolute atomic E-state index is 6.33. The smallest absolute Gasteiger partial charge is 0.0247 e. The molecule has 2 heteroatoms. The van der Waals surface area contributed by atoms with Crippen LogP contribution in [0, 0.1) is 11.8 Å². The Labute approximate surface area is 99.6 Å². The first-order valence-corrected chi connectivity index (χ1v) is 7.32. The first-order valence-electron chi connectivity index (χ1n) is 7.32. The lowest BCUT2D eigenvalue weighted by atomic mass is 9.89. The fourth-order valence-corrected chi connectivity index (χ4v) is 3.20. The molecule has 0 radical (unpaired) electrons. The summed E-state index contributed by atoms with van der Waals surface area (Å²) in [4.78, 5) is 2.78. The monoisotopic (exact) mass is 222 g/mol. The van der Waals surface area contributed by atoms with Crippen molar-refractivity contribution in [3.8, 4) is 0 Å². The molecule has 0 spiro atoms. The Morgan fingerprint density at radius 2 is 1.38 bits per heavy atom. The molecule has 0 saturated heterocycles. The van der Waals surface area contributed by atoms with Gasteiger partial charge in [-0.1, -0.05) is 12.8 Å². The van der Waals surface area contributed by atoms with Gasteiger partial charge in [-0.2, -0.15) is 0 Å². The lowest BCUT2D eigenvalue weighted by molar-refractivity contribution is 0.126. The average Bonchev–Trinajstić information content (AvgIpc) is 3.12. The number of rotatable bonds is 5. The summed E-state index contributed by atoms with van der Waals surface area (Å²) in [5.41, 5.74) is 6.33. The topological polar surface area (TPSA) is 29.3 Å². The molecule has 2 nitrogen and oxygen atoms in total. The van der Waals surface area contributed by atoms with Crippen LogP contribution in [0.5, 0.6) is 0 Å². The first kappa shape index (κ1) is 11.0. The molecule has 2 atom stereocenters. The van der Waals surface area contributed by atoms with Gasteiger partial charge in [0.1, 0.15) is 0 Å². The van der Waals surface area contributed by atoms with Gasteiger partial charge in [0.05, 0.1) is 0 Å². The van der Waals surface area contributed by atoms with E-state index < -0.39 is 0 Å². The second kappa shape index (κ2) is 4.66. The van der Waals surface area contributed by atoms with Crippen molar-refractivity contribution in [1.82, 2.24) is 4.90 Å². The minimum Gasteiger partial charge on any atom is -0.326 e. The van der Waals surface area contributed by atoms with Gasteiger partial charge in [0.2, 0.25) is 0 Å². The van der Waals surface area contributed by atoms with E-state index in [1.54, 1.807) is 0 Å². The summed E-state index contributed by atoms with van der Waals surface area (Å²) >= 11 is 0. The van der Waals surface area contributed by atoms with E-state index in [1.807, 2.05) is 0 Å². The Morgan fingerprint density at radius 3 is 1.88 bits per heavy atom. The van der Waals surface area contributed by atoms with E-state index in [2.05, 4.69) is 4.90 Å². The number of nitrogens with two attached hydrogens (primary N) is 1. The molecule has 3 fully saturated rings. The van der Waals surface area contributed by atoms with Crippen molar-refractivity contribution in [3.05, 3.63) is 0 Å². The van der Waals surface area contributed by atoms with E-state index >= 15 is 0 Å². The van der Waals surface area contributed by atoms with Gasteiger partial charge in [-0.15, -0.1) is 0 Å². The van der Waals surface area contributed by atoms with Gasteiger partial charge in [-0.3, -0.25) is 4.90 Å². The van der Waals surface area contributed by atoms with Crippen molar-refractivity contribution in [2.75, 3.05) is 13.1 Å². The molecule has 0 bridgehead atoms. The van der Waals surface area contributed by atoms with Crippen molar-refractivity contribution in [2.45, 2.75) is 63.5 Å². The molecule has 16 heavy (non-hydrogen) atoms. The highest BCUT2D eigenvalue weighted by Crippen LogP contribution is 2.36. The van der Waals surface area contributed by atoms with Crippen LogP contribution in [-0.4, -0.2) is 30.1 Å². The number of hydrogen-bond acceptors (Lipinski definition) is 2. The minimum absolute atomic E-state index is 0.464. The molecular weight excluding hydrogens is 196 g/mol. The molecule has 3 rings (SSSR count). The summed E-state index contributed by atoms with van der Waals surface area (Å²) in [6, 6.07) is 1.18. The predicted octanol–water partition coefficient (Wildman–Crippen LogP) is 2.38. The summed E-state index contributed by atoms with van der Waals surface area (Å²) in [5, 5.41) is 0.